The van der Waals surface area contributed by atoms with Crippen molar-refractivity contribution in [3.8, 4) is 0 Å². The maximum atomic E-state index is 2.35. The fourth-order valence-corrected chi connectivity index (χ4v) is 7.00. The van der Waals surface area contributed by atoms with Crippen LogP contribution < -0.4 is 9.80 Å². The van der Waals surface area contributed by atoms with Crippen molar-refractivity contribution in [2.75, 3.05) is 9.80 Å². The van der Waals surface area contributed by atoms with Crippen LogP contribution in [0, 0.1) is 41.5 Å². The second-order valence-electron chi connectivity index (χ2n) is 14.3. The van der Waals surface area contributed by atoms with Crippen molar-refractivity contribution in [2.45, 2.75) is 41.5 Å². The highest BCUT2D eigenvalue weighted by molar-refractivity contribution is 5.82. The van der Waals surface area contributed by atoms with Gasteiger partial charge in [-0.05, 0) is 164 Å². The van der Waals surface area contributed by atoms with Crippen molar-refractivity contribution in [1.82, 2.24) is 0 Å². The molecule has 0 aromatic heterocycles. The number of hydrogen-bond donors (Lipinski definition) is 0. The van der Waals surface area contributed by atoms with E-state index in [0.717, 1.165) is 45.0 Å². The molecule has 0 amide bonds. The normalized spacial score (nSPS) is 11.4. The fourth-order valence-electron chi connectivity index (χ4n) is 7.00. The standard InChI is InChI=1S/C52H48N2/c1-37-32-41(5)51(34-39(37)3)53(47-16-9-7-10-17-47)49-28-24-43(25-29-49)20-22-45-14-13-15-46(36-45)23-21-44-26-30-50(31-27-44)54(48-18-11-8-12-19-48)52-35-40(4)38(2)33-42(52)6/h7-36H,1-6H3/b22-20+,23-21+. The Morgan fingerprint density at radius 3 is 1.00 bits per heavy atom. The van der Waals surface area contributed by atoms with Gasteiger partial charge in [-0.3, -0.25) is 0 Å². The summed E-state index contributed by atoms with van der Waals surface area (Å²) >= 11 is 0. The lowest BCUT2D eigenvalue weighted by Gasteiger charge is -2.28. The molecule has 0 fully saturated rings. The molecule has 0 N–H and O–H groups in total. The van der Waals surface area contributed by atoms with Crippen LogP contribution in [0.1, 0.15) is 55.6 Å². The molecule has 0 atom stereocenters. The third kappa shape index (κ3) is 8.14. The van der Waals surface area contributed by atoms with Crippen LogP contribution in [0.3, 0.4) is 0 Å². The van der Waals surface area contributed by atoms with E-state index in [1.807, 2.05) is 0 Å². The maximum Gasteiger partial charge on any atom is 0.0493 e. The average molecular weight is 701 g/mol. The van der Waals surface area contributed by atoms with Gasteiger partial charge in [0.15, 0.2) is 0 Å². The highest BCUT2D eigenvalue weighted by Gasteiger charge is 2.17. The van der Waals surface area contributed by atoms with Gasteiger partial charge in [0.25, 0.3) is 0 Å². The molecule has 0 aliphatic heterocycles. The first-order chi connectivity index (χ1) is 26.2. The third-order valence-corrected chi connectivity index (χ3v) is 10.3. The summed E-state index contributed by atoms with van der Waals surface area (Å²) in [7, 11) is 0. The lowest BCUT2D eigenvalue weighted by Crippen LogP contribution is -2.11. The Hall–Kier alpha value is -6.38. The zero-order valence-electron chi connectivity index (χ0n) is 32.2. The zero-order chi connectivity index (χ0) is 37.6. The molecule has 0 saturated carbocycles. The molecule has 2 nitrogen and oxygen atoms in total. The molecule has 0 radical (unpaired) electrons. The molecule has 0 aliphatic carbocycles. The topological polar surface area (TPSA) is 6.48 Å². The molecule has 2 heteroatoms. The van der Waals surface area contributed by atoms with Crippen LogP contribution in [0.4, 0.5) is 34.1 Å². The van der Waals surface area contributed by atoms with Gasteiger partial charge in [0.05, 0.1) is 0 Å². The zero-order valence-corrected chi connectivity index (χ0v) is 32.2. The lowest BCUT2D eigenvalue weighted by molar-refractivity contribution is 1.21. The minimum Gasteiger partial charge on any atom is -0.310 e. The van der Waals surface area contributed by atoms with Crippen molar-refractivity contribution in [1.29, 1.82) is 0 Å². The first-order valence-corrected chi connectivity index (χ1v) is 18.8. The Labute approximate surface area is 322 Å². The molecule has 7 rings (SSSR count). The summed E-state index contributed by atoms with van der Waals surface area (Å²) in [4.78, 5) is 4.70. The highest BCUT2D eigenvalue weighted by Crippen LogP contribution is 2.39. The first-order valence-electron chi connectivity index (χ1n) is 18.8. The molecule has 0 saturated heterocycles. The van der Waals surface area contributed by atoms with Gasteiger partial charge in [0.2, 0.25) is 0 Å². The smallest absolute Gasteiger partial charge is 0.0493 e. The summed E-state index contributed by atoms with van der Waals surface area (Å²) in [5, 5.41) is 0. The summed E-state index contributed by atoms with van der Waals surface area (Å²) in [6.07, 6.45) is 8.76. The van der Waals surface area contributed by atoms with Gasteiger partial charge in [-0.1, -0.05) is 115 Å². The summed E-state index contributed by atoms with van der Waals surface area (Å²) in [6.45, 7) is 13.1. The second kappa shape index (κ2) is 16.1. The number of hydrogen-bond acceptors (Lipinski definition) is 2. The largest absolute Gasteiger partial charge is 0.310 e. The average Bonchev–Trinajstić information content (AvgIpc) is 3.19. The fraction of sp³-hybridized carbons (Fsp3) is 0.115. The van der Waals surface area contributed by atoms with E-state index >= 15 is 0 Å². The molecule has 0 aliphatic rings. The van der Waals surface area contributed by atoms with Gasteiger partial charge in [-0.15, -0.1) is 0 Å². The molecular formula is C52H48N2. The summed E-state index contributed by atoms with van der Waals surface area (Å²) in [5.74, 6) is 0. The highest BCUT2D eigenvalue weighted by atomic mass is 15.1. The number of rotatable bonds is 10. The van der Waals surface area contributed by atoms with E-state index in [2.05, 4.69) is 233 Å². The van der Waals surface area contributed by atoms with Crippen molar-refractivity contribution in [2.24, 2.45) is 0 Å². The molecule has 266 valence electrons. The number of benzene rings is 7. The van der Waals surface area contributed by atoms with Crippen molar-refractivity contribution in [3.63, 3.8) is 0 Å². The van der Waals surface area contributed by atoms with E-state index < -0.39 is 0 Å². The van der Waals surface area contributed by atoms with E-state index in [9.17, 15) is 0 Å². The predicted octanol–water partition coefficient (Wildman–Crippen LogP) is 14.8. The molecule has 0 spiro atoms. The van der Waals surface area contributed by atoms with Crippen LogP contribution in [0.15, 0.2) is 158 Å². The molecule has 7 aromatic carbocycles. The van der Waals surface area contributed by atoms with Gasteiger partial charge in [-0.2, -0.15) is 0 Å². The van der Waals surface area contributed by atoms with Crippen molar-refractivity contribution >= 4 is 58.4 Å². The Morgan fingerprint density at radius 2 is 0.611 bits per heavy atom. The first kappa shape index (κ1) is 36.0. The minimum atomic E-state index is 1.14. The van der Waals surface area contributed by atoms with E-state index in [1.54, 1.807) is 0 Å². The van der Waals surface area contributed by atoms with E-state index in [-0.39, 0.29) is 0 Å². The molecule has 0 heterocycles. The van der Waals surface area contributed by atoms with E-state index in [0.29, 0.717) is 0 Å². The maximum absolute atomic E-state index is 2.35. The van der Waals surface area contributed by atoms with Crippen LogP contribution in [0.5, 0.6) is 0 Å². The lowest BCUT2D eigenvalue weighted by atomic mass is 10.0. The number of para-hydroxylation sites is 2. The number of nitrogens with zero attached hydrogens (tertiary/aromatic N) is 2. The second-order valence-corrected chi connectivity index (χ2v) is 14.3. The Kier molecular flexibility index (Phi) is 10.7. The Morgan fingerprint density at radius 1 is 0.278 bits per heavy atom. The monoisotopic (exact) mass is 700 g/mol. The van der Waals surface area contributed by atoms with E-state index in [1.165, 1.54) is 44.8 Å². The van der Waals surface area contributed by atoms with Crippen LogP contribution in [-0.2, 0) is 0 Å². The molecule has 54 heavy (non-hydrogen) atoms. The van der Waals surface area contributed by atoms with Crippen molar-refractivity contribution in [3.05, 3.63) is 213 Å². The SMILES string of the molecule is Cc1cc(C)c(N(c2ccccc2)c2ccc(/C=C/c3cccc(/C=C/c4ccc(N(c5ccccc5)c5cc(C)c(C)cc5C)cc4)c3)cc2)cc1C. The van der Waals surface area contributed by atoms with E-state index in [4.69, 9.17) is 0 Å². The quantitative estimate of drug-likeness (QED) is 0.131. The number of aryl methyl sites for hydroxylation is 6. The Balaban J connectivity index is 1.08. The minimum absolute atomic E-state index is 1.14. The molecule has 0 bridgehead atoms. The van der Waals surface area contributed by atoms with Crippen LogP contribution in [0.2, 0.25) is 0 Å². The Bertz CT molecular complexity index is 2250. The number of anilines is 6. The van der Waals surface area contributed by atoms with Crippen LogP contribution in [-0.4, -0.2) is 0 Å². The molecule has 0 unspecified atom stereocenters. The van der Waals surface area contributed by atoms with Gasteiger partial charge >= 0.3 is 0 Å². The predicted molar refractivity (Wildman–Crippen MR) is 235 cm³/mol. The van der Waals surface area contributed by atoms with Crippen molar-refractivity contribution < 1.29 is 0 Å². The summed E-state index contributed by atoms with van der Waals surface area (Å²) in [6, 6.07) is 56.7. The van der Waals surface area contributed by atoms with Gasteiger partial charge in [-0.25, -0.2) is 0 Å². The molecular weight excluding hydrogens is 653 g/mol. The van der Waals surface area contributed by atoms with Gasteiger partial charge in [0.1, 0.15) is 0 Å². The molecule has 7 aromatic rings. The third-order valence-electron chi connectivity index (χ3n) is 10.3. The van der Waals surface area contributed by atoms with Crippen LogP contribution in [0.25, 0.3) is 24.3 Å². The summed E-state index contributed by atoms with van der Waals surface area (Å²) < 4.78 is 0. The van der Waals surface area contributed by atoms with Gasteiger partial charge < -0.3 is 9.80 Å². The summed E-state index contributed by atoms with van der Waals surface area (Å²) in [5.41, 5.74) is 19.3. The van der Waals surface area contributed by atoms with Gasteiger partial charge in [0, 0.05) is 34.1 Å². The van der Waals surface area contributed by atoms with Crippen LogP contribution >= 0.6 is 0 Å².